The van der Waals surface area contributed by atoms with Crippen LogP contribution in [0.1, 0.15) is 71.1 Å². The Kier molecular flexibility index (Phi) is 6.25. The number of ketones is 1. The summed E-state index contributed by atoms with van der Waals surface area (Å²) >= 11 is 0. The molecule has 2 aliphatic rings. The van der Waals surface area contributed by atoms with Crippen molar-refractivity contribution in [1.82, 2.24) is 0 Å². The third kappa shape index (κ3) is 4.01. The van der Waals surface area contributed by atoms with E-state index in [4.69, 9.17) is 0 Å². The molecule has 124 valence electrons. The van der Waals surface area contributed by atoms with Crippen molar-refractivity contribution in [2.45, 2.75) is 90.8 Å². The number of carbonyl (C=O) groups excluding carboxylic acids is 1. The summed E-state index contributed by atoms with van der Waals surface area (Å²) < 4.78 is 0. The highest BCUT2D eigenvalue weighted by Gasteiger charge is 2.43. The first-order chi connectivity index (χ1) is 10.5. The van der Waals surface area contributed by atoms with Gasteiger partial charge >= 0.3 is 0 Å². The number of hydrogen-bond donors (Lipinski definition) is 0. The summed E-state index contributed by atoms with van der Waals surface area (Å²) in [6.45, 7) is 9.26. The predicted molar refractivity (Wildman–Crippen MR) is 98.8 cm³/mol. The fourth-order valence-corrected chi connectivity index (χ4v) is 6.26. The van der Waals surface area contributed by atoms with Crippen molar-refractivity contribution in [3.05, 3.63) is 22.4 Å². The Morgan fingerprint density at radius 2 is 1.77 bits per heavy atom. The lowest BCUT2D eigenvalue weighted by molar-refractivity contribution is -0.111. The van der Waals surface area contributed by atoms with E-state index >= 15 is 0 Å². The minimum absolute atomic E-state index is 0.435. The van der Waals surface area contributed by atoms with Crippen LogP contribution in [-0.2, 0) is 4.79 Å². The summed E-state index contributed by atoms with van der Waals surface area (Å²) in [6, 6.07) is 0. The van der Waals surface area contributed by atoms with Gasteiger partial charge < -0.3 is 0 Å². The number of Topliss-reactive ketones (excluding diaryl/α,β-unsaturated/α-hetero) is 1. The Morgan fingerprint density at radius 3 is 2.45 bits per heavy atom. The molecular weight excluding hydrogens is 284 g/mol. The number of rotatable bonds is 8. The molecule has 1 atom stereocenters. The summed E-state index contributed by atoms with van der Waals surface area (Å²) in [5, 5.41) is 1.28. The lowest BCUT2D eigenvalue weighted by Gasteiger charge is -2.18. The summed E-state index contributed by atoms with van der Waals surface area (Å²) in [5.41, 5.74) is 2.72. The Hall–Kier alpha value is -0.633. The Labute approximate surface area is 138 Å². The zero-order valence-electron chi connectivity index (χ0n) is 15.1. The molecule has 1 nitrogen and oxygen atoms in total. The van der Waals surface area contributed by atoms with E-state index in [1.54, 1.807) is 5.57 Å². The molecule has 2 aliphatic carbocycles. The van der Waals surface area contributed by atoms with E-state index < -0.39 is 8.07 Å². The molecule has 0 radical (unpaired) electrons. The molecule has 1 saturated carbocycles. The quantitative estimate of drug-likeness (QED) is 0.295. The molecule has 0 aromatic carbocycles. The van der Waals surface area contributed by atoms with Crippen LogP contribution in [-0.4, -0.2) is 13.9 Å². The molecule has 0 amide bonds. The van der Waals surface area contributed by atoms with Crippen LogP contribution in [0.5, 0.6) is 0 Å². The van der Waals surface area contributed by atoms with Crippen molar-refractivity contribution in [3.63, 3.8) is 0 Å². The van der Waals surface area contributed by atoms with Crippen LogP contribution in [0.4, 0.5) is 0 Å². The van der Waals surface area contributed by atoms with Crippen LogP contribution < -0.4 is 0 Å². The molecule has 2 heteroatoms. The summed E-state index contributed by atoms with van der Waals surface area (Å²) in [6.07, 6.45) is 15.1. The average Bonchev–Trinajstić information content (AvgIpc) is 2.98. The van der Waals surface area contributed by atoms with Gasteiger partial charge in [0.15, 0.2) is 5.78 Å². The molecule has 0 aromatic heterocycles. The van der Waals surface area contributed by atoms with Crippen molar-refractivity contribution in [2.75, 3.05) is 0 Å². The average molecular weight is 319 g/mol. The second-order valence-electron chi connectivity index (χ2n) is 8.14. The molecule has 0 aliphatic heterocycles. The fraction of sp³-hybridized carbons (Fsp3) is 0.750. The third-order valence-electron chi connectivity index (χ3n) is 5.22. The van der Waals surface area contributed by atoms with Crippen molar-refractivity contribution < 1.29 is 4.79 Å². The largest absolute Gasteiger partial charge is 0.290 e. The molecular formula is C20H34OSi. The van der Waals surface area contributed by atoms with E-state index in [2.05, 4.69) is 32.6 Å². The van der Waals surface area contributed by atoms with E-state index in [9.17, 15) is 4.79 Å². The highest BCUT2D eigenvalue weighted by atomic mass is 28.3. The molecule has 0 heterocycles. The molecule has 0 saturated heterocycles. The molecule has 2 rings (SSSR count). The van der Waals surface area contributed by atoms with Crippen LogP contribution in [0.2, 0.25) is 19.6 Å². The minimum atomic E-state index is -1.50. The number of carbonyl (C=O) groups is 1. The van der Waals surface area contributed by atoms with Gasteiger partial charge in [0.2, 0.25) is 0 Å². The number of unbranched alkanes of at least 4 members (excludes halogenated alkanes) is 6. The molecule has 22 heavy (non-hydrogen) atoms. The van der Waals surface area contributed by atoms with Gasteiger partial charge in [-0.15, -0.1) is 0 Å². The molecule has 0 spiro atoms. The molecule has 0 bridgehead atoms. The summed E-state index contributed by atoms with van der Waals surface area (Å²) in [4.78, 5) is 12.9. The molecule has 1 fully saturated rings. The standard InChI is InChI=1S/C20H34OSi/c1-5-6-7-8-9-10-11-13-17-16-14-12-15-18(16)20(19(17)21)22(2,3)4/h13,16H,5-12,14-15H2,1-4H3/b17-13+/t16-/m1/s1. The maximum absolute atomic E-state index is 12.9. The van der Waals surface area contributed by atoms with Gasteiger partial charge in [-0.1, -0.05) is 70.3 Å². The van der Waals surface area contributed by atoms with E-state index in [1.807, 2.05) is 0 Å². The lowest BCUT2D eigenvalue weighted by Crippen LogP contribution is -2.28. The maximum atomic E-state index is 12.9. The zero-order valence-corrected chi connectivity index (χ0v) is 16.1. The second kappa shape index (κ2) is 7.76. The van der Waals surface area contributed by atoms with E-state index in [1.165, 1.54) is 68.6 Å². The fourth-order valence-electron chi connectivity index (χ4n) is 4.18. The zero-order chi connectivity index (χ0) is 16.2. The van der Waals surface area contributed by atoms with Crippen molar-refractivity contribution in [2.24, 2.45) is 5.92 Å². The van der Waals surface area contributed by atoms with E-state index in [0.717, 1.165) is 6.42 Å². The van der Waals surface area contributed by atoms with Crippen LogP contribution in [0, 0.1) is 5.92 Å². The van der Waals surface area contributed by atoms with E-state index in [-0.39, 0.29) is 0 Å². The van der Waals surface area contributed by atoms with Gasteiger partial charge in [0.25, 0.3) is 0 Å². The first kappa shape index (κ1) is 17.7. The van der Waals surface area contributed by atoms with Gasteiger partial charge in [-0.05, 0) is 37.3 Å². The van der Waals surface area contributed by atoms with Gasteiger partial charge in [-0.25, -0.2) is 0 Å². The van der Waals surface area contributed by atoms with Crippen molar-refractivity contribution in [3.8, 4) is 0 Å². The number of allylic oxidation sites excluding steroid dienone is 4. The van der Waals surface area contributed by atoms with Gasteiger partial charge in [0.1, 0.15) is 0 Å². The highest BCUT2D eigenvalue weighted by Crippen LogP contribution is 2.47. The van der Waals surface area contributed by atoms with Crippen molar-refractivity contribution >= 4 is 13.9 Å². The van der Waals surface area contributed by atoms with Gasteiger partial charge in [-0.2, -0.15) is 0 Å². The van der Waals surface area contributed by atoms with Crippen LogP contribution in [0.15, 0.2) is 22.4 Å². The van der Waals surface area contributed by atoms with Gasteiger partial charge in [-0.3, -0.25) is 4.79 Å². The number of fused-ring (bicyclic) bond motifs is 1. The summed E-state index contributed by atoms with van der Waals surface area (Å²) in [5.74, 6) is 0.944. The Balaban J connectivity index is 1.93. The van der Waals surface area contributed by atoms with Crippen LogP contribution >= 0.6 is 0 Å². The normalized spacial score (nSPS) is 23.7. The third-order valence-corrected chi connectivity index (χ3v) is 7.27. The minimum Gasteiger partial charge on any atom is -0.290 e. The SMILES string of the molecule is CCCCCCCC/C=C1/C(=O)C([Si](C)(C)C)=C2CCC[C@@H]21. The Morgan fingerprint density at radius 1 is 1.09 bits per heavy atom. The van der Waals surface area contributed by atoms with Crippen LogP contribution in [0.3, 0.4) is 0 Å². The molecule has 0 N–H and O–H groups in total. The lowest BCUT2D eigenvalue weighted by atomic mass is 9.97. The molecule has 0 unspecified atom stereocenters. The van der Waals surface area contributed by atoms with Crippen molar-refractivity contribution in [1.29, 1.82) is 0 Å². The highest BCUT2D eigenvalue weighted by molar-refractivity contribution is 6.88. The smallest absolute Gasteiger partial charge is 0.181 e. The van der Waals surface area contributed by atoms with Gasteiger partial charge in [0, 0.05) is 11.5 Å². The monoisotopic (exact) mass is 318 g/mol. The topological polar surface area (TPSA) is 17.1 Å². The second-order valence-corrected chi connectivity index (χ2v) is 13.1. The Bertz CT molecular complexity index is 465. The first-order valence-corrected chi connectivity index (χ1v) is 12.9. The predicted octanol–water partition coefficient (Wildman–Crippen LogP) is 6.22. The summed E-state index contributed by atoms with van der Waals surface area (Å²) in [7, 11) is -1.50. The van der Waals surface area contributed by atoms with E-state index in [0.29, 0.717) is 11.7 Å². The van der Waals surface area contributed by atoms with Crippen LogP contribution in [0.25, 0.3) is 0 Å². The molecule has 0 aromatic rings. The number of hydrogen-bond acceptors (Lipinski definition) is 1. The maximum Gasteiger partial charge on any atom is 0.181 e. The van der Waals surface area contributed by atoms with Gasteiger partial charge in [0.05, 0.1) is 8.07 Å². The first-order valence-electron chi connectivity index (χ1n) is 9.45.